The van der Waals surface area contributed by atoms with Gasteiger partial charge in [-0.3, -0.25) is 4.79 Å². The van der Waals surface area contributed by atoms with Crippen molar-refractivity contribution in [1.82, 2.24) is 9.21 Å². The van der Waals surface area contributed by atoms with Crippen molar-refractivity contribution in [2.24, 2.45) is 11.8 Å². The van der Waals surface area contributed by atoms with E-state index >= 15 is 0 Å². The second-order valence-corrected chi connectivity index (χ2v) is 10.5. The Balaban J connectivity index is 1.35. The molecule has 3 saturated heterocycles. The summed E-state index contributed by atoms with van der Waals surface area (Å²) in [4.78, 5) is 14.9. The van der Waals surface area contributed by atoms with E-state index in [0.29, 0.717) is 43.0 Å². The van der Waals surface area contributed by atoms with E-state index in [2.05, 4.69) is 0 Å². The number of carbonyl (C=O) groups excluding carboxylic acids is 1. The molecule has 1 aromatic rings. The van der Waals surface area contributed by atoms with E-state index in [0.717, 1.165) is 25.7 Å². The van der Waals surface area contributed by atoms with Crippen LogP contribution in [0.3, 0.4) is 0 Å². The predicted octanol–water partition coefficient (Wildman–Crippen LogP) is 1.76. The summed E-state index contributed by atoms with van der Waals surface area (Å²) in [6.07, 6.45) is 3.11. The number of thiophene rings is 1. The van der Waals surface area contributed by atoms with Crippen molar-refractivity contribution in [2.45, 2.75) is 36.2 Å². The SMILES string of the molecule is O=C(C1CCCN(S(=O)(=O)c2cccs2)C1)N1CCC(C2OCCO2)CC1. The quantitative estimate of drug-likeness (QED) is 0.750. The molecule has 1 aromatic heterocycles. The Bertz CT molecular complexity index is 738. The van der Waals surface area contributed by atoms with Gasteiger partial charge in [-0.05, 0) is 37.1 Å². The van der Waals surface area contributed by atoms with Gasteiger partial charge in [-0.1, -0.05) is 6.07 Å². The maximum atomic E-state index is 13.0. The molecular formula is C18H26N2O5S2. The van der Waals surface area contributed by atoms with Crippen LogP contribution in [0.1, 0.15) is 25.7 Å². The lowest BCUT2D eigenvalue weighted by Gasteiger charge is -2.38. The number of likely N-dealkylation sites (tertiary alicyclic amines) is 1. The number of hydrogen-bond acceptors (Lipinski definition) is 6. The molecular weight excluding hydrogens is 388 g/mol. The highest BCUT2D eigenvalue weighted by molar-refractivity contribution is 7.91. The number of piperidine rings is 2. The molecule has 0 N–H and O–H groups in total. The lowest BCUT2D eigenvalue weighted by molar-refractivity contribution is -0.142. The summed E-state index contributed by atoms with van der Waals surface area (Å²) in [5, 5.41) is 1.77. The zero-order valence-electron chi connectivity index (χ0n) is 15.3. The van der Waals surface area contributed by atoms with Crippen LogP contribution in [-0.2, 0) is 24.3 Å². The predicted molar refractivity (Wildman–Crippen MR) is 101 cm³/mol. The van der Waals surface area contributed by atoms with Gasteiger partial charge in [0.25, 0.3) is 10.0 Å². The fraction of sp³-hybridized carbons (Fsp3) is 0.722. The Labute approximate surface area is 164 Å². The zero-order chi connectivity index (χ0) is 18.9. The van der Waals surface area contributed by atoms with Crippen molar-refractivity contribution in [2.75, 3.05) is 39.4 Å². The molecule has 0 spiro atoms. The van der Waals surface area contributed by atoms with Crippen LogP contribution in [-0.4, -0.2) is 69.2 Å². The third kappa shape index (κ3) is 4.07. The number of ether oxygens (including phenoxy) is 2. The molecule has 3 aliphatic heterocycles. The Hall–Kier alpha value is -1.00. The molecule has 27 heavy (non-hydrogen) atoms. The van der Waals surface area contributed by atoms with Gasteiger partial charge in [-0.2, -0.15) is 4.31 Å². The fourth-order valence-corrected chi connectivity index (χ4v) is 6.87. The first-order valence-electron chi connectivity index (χ1n) is 9.61. The summed E-state index contributed by atoms with van der Waals surface area (Å²) in [7, 11) is -3.49. The standard InChI is InChI=1S/C18H26N2O5S2/c21-17(19-8-5-14(6-9-19)18-24-10-11-25-18)15-3-1-7-20(13-15)27(22,23)16-4-2-12-26-16/h2,4,12,14-15,18H,1,3,5-11,13H2. The van der Waals surface area contributed by atoms with E-state index in [1.54, 1.807) is 17.5 Å². The molecule has 0 aliphatic carbocycles. The summed E-state index contributed by atoms with van der Waals surface area (Å²) in [5.41, 5.74) is 0. The van der Waals surface area contributed by atoms with Gasteiger partial charge in [0.05, 0.1) is 19.1 Å². The minimum Gasteiger partial charge on any atom is -0.350 e. The van der Waals surface area contributed by atoms with Crippen LogP contribution in [0.5, 0.6) is 0 Å². The Morgan fingerprint density at radius 2 is 1.85 bits per heavy atom. The molecule has 0 radical (unpaired) electrons. The van der Waals surface area contributed by atoms with Crippen LogP contribution in [0.4, 0.5) is 0 Å². The van der Waals surface area contributed by atoms with Crippen molar-refractivity contribution in [3.63, 3.8) is 0 Å². The van der Waals surface area contributed by atoms with Crippen LogP contribution < -0.4 is 0 Å². The molecule has 0 saturated carbocycles. The molecule has 4 rings (SSSR count). The highest BCUT2D eigenvalue weighted by Gasteiger charge is 2.37. The topological polar surface area (TPSA) is 76.2 Å². The molecule has 9 heteroatoms. The average molecular weight is 415 g/mol. The van der Waals surface area contributed by atoms with Crippen LogP contribution >= 0.6 is 11.3 Å². The van der Waals surface area contributed by atoms with E-state index in [4.69, 9.17) is 9.47 Å². The van der Waals surface area contributed by atoms with Gasteiger partial charge >= 0.3 is 0 Å². The second kappa shape index (κ2) is 8.16. The van der Waals surface area contributed by atoms with E-state index < -0.39 is 10.0 Å². The van der Waals surface area contributed by atoms with Gasteiger partial charge < -0.3 is 14.4 Å². The van der Waals surface area contributed by atoms with Crippen molar-refractivity contribution in [3.05, 3.63) is 17.5 Å². The van der Waals surface area contributed by atoms with Crippen LogP contribution in [0, 0.1) is 11.8 Å². The summed E-state index contributed by atoms with van der Waals surface area (Å²) in [5.74, 6) is 0.190. The minimum atomic E-state index is -3.49. The van der Waals surface area contributed by atoms with Crippen molar-refractivity contribution in [1.29, 1.82) is 0 Å². The molecule has 1 amide bonds. The molecule has 1 atom stereocenters. The summed E-state index contributed by atoms with van der Waals surface area (Å²) in [6.45, 7) is 3.47. The van der Waals surface area contributed by atoms with Gasteiger partial charge in [0.2, 0.25) is 5.91 Å². The van der Waals surface area contributed by atoms with Gasteiger partial charge in [-0.25, -0.2) is 8.42 Å². The molecule has 4 heterocycles. The Morgan fingerprint density at radius 1 is 1.11 bits per heavy atom. The second-order valence-electron chi connectivity index (χ2n) is 7.41. The van der Waals surface area contributed by atoms with E-state index in [9.17, 15) is 13.2 Å². The first-order chi connectivity index (χ1) is 13.1. The van der Waals surface area contributed by atoms with Crippen molar-refractivity contribution < 1.29 is 22.7 Å². The smallest absolute Gasteiger partial charge is 0.252 e. The van der Waals surface area contributed by atoms with E-state index in [1.165, 1.54) is 15.6 Å². The van der Waals surface area contributed by atoms with Crippen molar-refractivity contribution >= 4 is 27.3 Å². The monoisotopic (exact) mass is 414 g/mol. The fourth-order valence-electron chi connectivity index (χ4n) is 4.20. The minimum absolute atomic E-state index is 0.0905. The summed E-state index contributed by atoms with van der Waals surface area (Å²) >= 11 is 1.22. The van der Waals surface area contributed by atoms with Gasteiger partial charge in [-0.15, -0.1) is 11.3 Å². The summed E-state index contributed by atoms with van der Waals surface area (Å²) < 4.78 is 38.6. The van der Waals surface area contributed by atoms with Gasteiger partial charge in [0.1, 0.15) is 4.21 Å². The number of rotatable bonds is 4. The molecule has 0 bridgehead atoms. The molecule has 150 valence electrons. The molecule has 3 aliphatic rings. The Morgan fingerprint density at radius 3 is 2.52 bits per heavy atom. The van der Waals surface area contributed by atoms with Gasteiger partial charge in [0, 0.05) is 32.1 Å². The van der Waals surface area contributed by atoms with Crippen LogP contribution in [0.15, 0.2) is 21.7 Å². The Kier molecular flexibility index (Phi) is 5.84. The normalized spacial score (nSPS) is 26.5. The van der Waals surface area contributed by atoms with Crippen LogP contribution in [0.2, 0.25) is 0 Å². The lowest BCUT2D eigenvalue weighted by Crippen LogP contribution is -2.49. The summed E-state index contributed by atoms with van der Waals surface area (Å²) in [6, 6.07) is 3.37. The first kappa shape index (κ1) is 19.3. The zero-order valence-corrected chi connectivity index (χ0v) is 16.9. The molecule has 3 fully saturated rings. The maximum Gasteiger partial charge on any atom is 0.252 e. The maximum absolute atomic E-state index is 13.0. The van der Waals surface area contributed by atoms with E-state index in [-0.39, 0.29) is 24.7 Å². The third-order valence-electron chi connectivity index (χ3n) is 5.71. The molecule has 0 aromatic carbocycles. The number of amides is 1. The first-order valence-corrected chi connectivity index (χ1v) is 11.9. The number of hydrogen-bond donors (Lipinski definition) is 0. The highest BCUT2D eigenvalue weighted by atomic mass is 32.2. The largest absolute Gasteiger partial charge is 0.350 e. The third-order valence-corrected chi connectivity index (χ3v) is 8.94. The number of carbonyl (C=O) groups is 1. The highest BCUT2D eigenvalue weighted by Crippen LogP contribution is 2.30. The van der Waals surface area contributed by atoms with Crippen molar-refractivity contribution in [3.8, 4) is 0 Å². The lowest BCUT2D eigenvalue weighted by atomic mass is 9.93. The number of sulfonamides is 1. The van der Waals surface area contributed by atoms with Gasteiger partial charge in [0.15, 0.2) is 6.29 Å². The molecule has 1 unspecified atom stereocenters. The molecule has 7 nitrogen and oxygen atoms in total. The van der Waals surface area contributed by atoms with Crippen LogP contribution in [0.25, 0.3) is 0 Å². The average Bonchev–Trinajstić information content (AvgIpc) is 3.42. The van der Waals surface area contributed by atoms with E-state index in [1.807, 2.05) is 4.90 Å². The number of nitrogens with zero attached hydrogens (tertiary/aromatic N) is 2.